The topological polar surface area (TPSA) is 69.8 Å². The van der Waals surface area contributed by atoms with Crippen LogP contribution in [-0.4, -0.2) is 40.1 Å². The summed E-state index contributed by atoms with van der Waals surface area (Å²) < 4.78 is 5.25. The summed E-state index contributed by atoms with van der Waals surface area (Å²) in [6.07, 6.45) is 1.26. The molecule has 3 aromatic carbocycles. The average molecular weight is 424 g/mol. The smallest absolute Gasteiger partial charge is 0.138 e. The number of H-pyrrole nitrogens is 2. The largest absolute Gasteiger partial charge is 0.497 e. The third-order valence-corrected chi connectivity index (χ3v) is 6.37. The summed E-state index contributed by atoms with van der Waals surface area (Å²) in [5, 5.41) is 0. The summed E-state index contributed by atoms with van der Waals surface area (Å²) in [5.41, 5.74) is 7.30. The third-order valence-electron chi connectivity index (χ3n) is 6.37. The number of rotatable bonds is 4. The van der Waals surface area contributed by atoms with Gasteiger partial charge in [-0.1, -0.05) is 6.92 Å². The van der Waals surface area contributed by atoms with Gasteiger partial charge in [0, 0.05) is 29.9 Å². The molecular weight excluding hydrogens is 398 g/mol. The Labute approximate surface area is 186 Å². The first-order chi connectivity index (χ1) is 15.7. The molecule has 1 fully saturated rings. The molecule has 0 aliphatic carbocycles. The van der Waals surface area contributed by atoms with Crippen molar-refractivity contribution in [2.45, 2.75) is 13.3 Å². The third kappa shape index (κ3) is 3.28. The van der Waals surface area contributed by atoms with Gasteiger partial charge in [0.05, 0.1) is 29.2 Å². The van der Waals surface area contributed by atoms with Gasteiger partial charge in [0.25, 0.3) is 0 Å². The summed E-state index contributed by atoms with van der Waals surface area (Å²) in [7, 11) is 1.67. The van der Waals surface area contributed by atoms with E-state index in [2.05, 4.69) is 52.1 Å². The lowest BCUT2D eigenvalue weighted by Gasteiger charge is -2.17. The van der Waals surface area contributed by atoms with E-state index in [1.54, 1.807) is 7.11 Å². The van der Waals surface area contributed by atoms with Gasteiger partial charge < -0.3 is 19.6 Å². The van der Waals surface area contributed by atoms with Gasteiger partial charge in [-0.05, 0) is 73.0 Å². The van der Waals surface area contributed by atoms with Gasteiger partial charge in [0.1, 0.15) is 17.4 Å². The van der Waals surface area contributed by atoms with Crippen LogP contribution < -0.4 is 9.64 Å². The monoisotopic (exact) mass is 423 g/mol. The molecule has 5 aromatic rings. The second kappa shape index (κ2) is 7.41. The molecule has 0 saturated carbocycles. The van der Waals surface area contributed by atoms with Crippen molar-refractivity contribution in [1.82, 2.24) is 19.9 Å². The number of nitrogens with zero attached hydrogens (tertiary/aromatic N) is 3. The van der Waals surface area contributed by atoms with Crippen molar-refractivity contribution in [1.29, 1.82) is 0 Å². The highest BCUT2D eigenvalue weighted by Crippen LogP contribution is 2.30. The maximum Gasteiger partial charge on any atom is 0.138 e. The van der Waals surface area contributed by atoms with Crippen LogP contribution in [0.5, 0.6) is 5.75 Å². The van der Waals surface area contributed by atoms with E-state index in [4.69, 9.17) is 14.7 Å². The molecule has 3 heterocycles. The van der Waals surface area contributed by atoms with Gasteiger partial charge >= 0.3 is 0 Å². The van der Waals surface area contributed by atoms with Crippen LogP contribution in [0.15, 0.2) is 60.7 Å². The summed E-state index contributed by atoms with van der Waals surface area (Å²) in [6, 6.07) is 20.6. The van der Waals surface area contributed by atoms with Gasteiger partial charge in [0.15, 0.2) is 0 Å². The predicted molar refractivity (Wildman–Crippen MR) is 129 cm³/mol. The van der Waals surface area contributed by atoms with E-state index in [9.17, 15) is 0 Å². The number of hydrogen-bond donors (Lipinski definition) is 2. The van der Waals surface area contributed by atoms with Crippen LogP contribution in [0.3, 0.4) is 0 Å². The van der Waals surface area contributed by atoms with Crippen LogP contribution >= 0.6 is 0 Å². The number of anilines is 1. The van der Waals surface area contributed by atoms with E-state index in [1.807, 2.05) is 30.3 Å². The quantitative estimate of drug-likeness (QED) is 0.393. The van der Waals surface area contributed by atoms with E-state index >= 15 is 0 Å². The van der Waals surface area contributed by atoms with Crippen molar-refractivity contribution in [3.05, 3.63) is 60.7 Å². The Balaban J connectivity index is 1.33. The van der Waals surface area contributed by atoms with E-state index in [1.165, 1.54) is 12.1 Å². The standard InChI is InChI=1S/C26H25N5O/c1-16-11-12-31(15-16)19-6-10-22-24(14-19)30-26(28-22)18-5-9-21-23(13-18)29-25(27-21)17-3-7-20(32-2)8-4-17/h3-10,13-14,16H,11-12,15H2,1-2H3,(H,27,29)(H,28,30). The first-order valence-electron chi connectivity index (χ1n) is 11.1. The molecule has 6 heteroatoms. The van der Waals surface area contributed by atoms with Gasteiger partial charge in [0.2, 0.25) is 0 Å². The van der Waals surface area contributed by atoms with Crippen molar-refractivity contribution >= 4 is 27.8 Å². The highest BCUT2D eigenvalue weighted by Gasteiger charge is 2.19. The maximum absolute atomic E-state index is 5.25. The van der Waals surface area contributed by atoms with Crippen molar-refractivity contribution in [3.8, 4) is 28.5 Å². The molecule has 0 radical (unpaired) electrons. The van der Waals surface area contributed by atoms with Gasteiger partial charge in [-0.2, -0.15) is 0 Å². The maximum atomic E-state index is 5.25. The molecule has 0 bridgehead atoms. The van der Waals surface area contributed by atoms with Crippen molar-refractivity contribution in [2.75, 3.05) is 25.1 Å². The van der Waals surface area contributed by atoms with Gasteiger partial charge in [-0.25, -0.2) is 9.97 Å². The number of ether oxygens (including phenoxy) is 1. The van der Waals surface area contributed by atoms with Crippen LogP contribution in [0.2, 0.25) is 0 Å². The van der Waals surface area contributed by atoms with Crippen LogP contribution in [0.25, 0.3) is 44.8 Å². The van der Waals surface area contributed by atoms with E-state index < -0.39 is 0 Å². The van der Waals surface area contributed by atoms with Gasteiger partial charge in [-0.15, -0.1) is 0 Å². The first kappa shape index (κ1) is 18.9. The lowest BCUT2D eigenvalue weighted by molar-refractivity contribution is 0.415. The van der Waals surface area contributed by atoms with Crippen molar-refractivity contribution in [3.63, 3.8) is 0 Å². The summed E-state index contributed by atoms with van der Waals surface area (Å²) in [6.45, 7) is 4.57. The summed E-state index contributed by atoms with van der Waals surface area (Å²) in [4.78, 5) is 19.0. The molecule has 1 aliphatic rings. The Bertz CT molecular complexity index is 1420. The SMILES string of the molecule is COc1ccc(-c2nc3ccc(-c4nc5ccc(N6CCC(C)C6)cc5[nH]4)cc3[nH]2)cc1. The number of fused-ring (bicyclic) bond motifs is 2. The summed E-state index contributed by atoms with van der Waals surface area (Å²) in [5.74, 6) is 3.30. The van der Waals surface area contributed by atoms with Crippen LogP contribution in [0.4, 0.5) is 5.69 Å². The fourth-order valence-corrected chi connectivity index (χ4v) is 4.54. The molecule has 2 N–H and O–H groups in total. The molecule has 32 heavy (non-hydrogen) atoms. The number of methoxy groups -OCH3 is 1. The minimum Gasteiger partial charge on any atom is -0.497 e. The zero-order chi connectivity index (χ0) is 21.7. The second-order valence-corrected chi connectivity index (χ2v) is 8.67. The highest BCUT2D eigenvalue weighted by molar-refractivity contribution is 5.87. The Morgan fingerprint density at radius 3 is 2.19 bits per heavy atom. The van der Waals surface area contributed by atoms with E-state index in [0.29, 0.717) is 0 Å². The van der Waals surface area contributed by atoms with Crippen LogP contribution in [0, 0.1) is 5.92 Å². The van der Waals surface area contributed by atoms with Crippen LogP contribution in [-0.2, 0) is 0 Å². The number of imidazole rings is 2. The Morgan fingerprint density at radius 1 is 0.844 bits per heavy atom. The normalized spacial score (nSPS) is 16.3. The molecule has 0 amide bonds. The number of benzene rings is 3. The Hall–Kier alpha value is -3.80. The molecule has 1 saturated heterocycles. The fraction of sp³-hybridized carbons (Fsp3) is 0.231. The highest BCUT2D eigenvalue weighted by atomic mass is 16.5. The number of hydrogen-bond acceptors (Lipinski definition) is 4. The second-order valence-electron chi connectivity index (χ2n) is 8.67. The molecule has 2 aromatic heterocycles. The van der Waals surface area contributed by atoms with Crippen molar-refractivity contribution < 1.29 is 4.74 Å². The van der Waals surface area contributed by atoms with Gasteiger partial charge in [-0.3, -0.25) is 0 Å². The molecule has 1 aliphatic heterocycles. The molecule has 1 unspecified atom stereocenters. The minimum atomic E-state index is 0.756. The molecule has 6 rings (SSSR count). The van der Waals surface area contributed by atoms with E-state index in [-0.39, 0.29) is 0 Å². The Kier molecular flexibility index (Phi) is 4.38. The Morgan fingerprint density at radius 2 is 1.50 bits per heavy atom. The molecule has 6 nitrogen and oxygen atoms in total. The fourth-order valence-electron chi connectivity index (χ4n) is 4.54. The van der Waals surface area contributed by atoms with Crippen molar-refractivity contribution in [2.24, 2.45) is 5.92 Å². The summed E-state index contributed by atoms with van der Waals surface area (Å²) >= 11 is 0. The molecule has 1 atom stereocenters. The molecular formula is C26H25N5O. The minimum absolute atomic E-state index is 0.756. The zero-order valence-electron chi connectivity index (χ0n) is 18.2. The zero-order valence-corrected chi connectivity index (χ0v) is 18.2. The molecule has 160 valence electrons. The number of nitrogens with one attached hydrogen (secondary N) is 2. The van der Waals surface area contributed by atoms with E-state index in [0.717, 1.165) is 69.6 Å². The first-order valence-corrected chi connectivity index (χ1v) is 11.1. The number of aromatic nitrogens is 4. The lowest BCUT2D eigenvalue weighted by atomic mass is 10.2. The predicted octanol–water partition coefficient (Wildman–Crippen LogP) is 5.63. The number of aromatic amines is 2. The van der Waals surface area contributed by atoms with Crippen LogP contribution in [0.1, 0.15) is 13.3 Å². The lowest BCUT2D eigenvalue weighted by Crippen LogP contribution is -2.18. The molecule has 0 spiro atoms. The average Bonchev–Trinajstić information content (AvgIpc) is 3.55.